The molecule has 0 aromatic heterocycles. The van der Waals surface area contributed by atoms with E-state index in [1.807, 2.05) is 30.3 Å². The zero-order valence-electron chi connectivity index (χ0n) is 12.7. The van der Waals surface area contributed by atoms with Gasteiger partial charge in [0.1, 0.15) is 25.1 Å². The summed E-state index contributed by atoms with van der Waals surface area (Å²) in [6.07, 6.45) is -0.592. The van der Waals surface area contributed by atoms with Crippen LogP contribution in [0.25, 0.3) is 0 Å². The summed E-state index contributed by atoms with van der Waals surface area (Å²) in [7, 11) is 0. The van der Waals surface area contributed by atoms with Crippen LogP contribution in [0.4, 0.5) is 0 Å². The van der Waals surface area contributed by atoms with Gasteiger partial charge in [0.05, 0.1) is 0 Å². The minimum atomic E-state index is -0.592. The summed E-state index contributed by atoms with van der Waals surface area (Å²) < 4.78 is 10.9. The number of hydrogen-bond donors (Lipinski definition) is 3. The van der Waals surface area contributed by atoms with Gasteiger partial charge in [-0.3, -0.25) is 0 Å². The summed E-state index contributed by atoms with van der Waals surface area (Å²) in [4.78, 5) is 0. The number of phenolic OH excluding ortho intramolecular Hbond substituents is 1. The average Bonchev–Trinajstić information content (AvgIpc) is 2.55. The number of aliphatic hydroxyl groups excluding tert-OH is 1. The number of ether oxygens (including phenoxy) is 2. The van der Waals surface area contributed by atoms with E-state index in [-0.39, 0.29) is 24.8 Å². The zero-order chi connectivity index (χ0) is 15.6. The van der Waals surface area contributed by atoms with E-state index >= 15 is 0 Å². The Morgan fingerprint density at radius 1 is 0.957 bits per heavy atom. The van der Waals surface area contributed by atoms with Crippen molar-refractivity contribution in [2.75, 3.05) is 26.3 Å². The summed E-state index contributed by atoms with van der Waals surface area (Å²) in [6.45, 7) is 1.62. The predicted molar refractivity (Wildman–Crippen MR) is 91.7 cm³/mol. The van der Waals surface area contributed by atoms with Gasteiger partial charge in [-0.05, 0) is 24.3 Å². The Labute approximate surface area is 142 Å². The molecule has 1 atom stereocenters. The number of halogens is 1. The summed E-state index contributed by atoms with van der Waals surface area (Å²) >= 11 is 0. The fourth-order valence-electron chi connectivity index (χ4n) is 1.85. The number of para-hydroxylation sites is 3. The van der Waals surface area contributed by atoms with Crippen molar-refractivity contribution in [1.82, 2.24) is 5.32 Å². The highest BCUT2D eigenvalue weighted by Gasteiger charge is 2.05. The first-order valence-electron chi connectivity index (χ1n) is 7.23. The lowest BCUT2D eigenvalue weighted by Crippen LogP contribution is -2.33. The fourth-order valence-corrected chi connectivity index (χ4v) is 1.85. The highest BCUT2D eigenvalue weighted by atomic mass is 35.5. The quantitative estimate of drug-likeness (QED) is 0.611. The van der Waals surface area contributed by atoms with E-state index in [9.17, 15) is 10.2 Å². The molecule has 3 N–H and O–H groups in total. The molecule has 0 saturated heterocycles. The van der Waals surface area contributed by atoms with E-state index in [0.29, 0.717) is 25.4 Å². The minimum absolute atomic E-state index is 0. The van der Waals surface area contributed by atoms with Crippen molar-refractivity contribution in [2.24, 2.45) is 0 Å². The molecule has 2 aromatic carbocycles. The molecule has 0 aliphatic rings. The lowest BCUT2D eigenvalue weighted by Gasteiger charge is -2.13. The van der Waals surface area contributed by atoms with E-state index in [2.05, 4.69) is 5.32 Å². The van der Waals surface area contributed by atoms with Gasteiger partial charge in [0.25, 0.3) is 0 Å². The summed E-state index contributed by atoms with van der Waals surface area (Å²) in [5.74, 6) is 1.32. The molecule has 5 nitrogen and oxygen atoms in total. The van der Waals surface area contributed by atoms with E-state index in [4.69, 9.17) is 9.47 Å². The maximum Gasteiger partial charge on any atom is 0.160 e. The number of nitrogens with one attached hydrogen (secondary N) is 1. The van der Waals surface area contributed by atoms with Gasteiger partial charge in [0.15, 0.2) is 11.5 Å². The standard InChI is InChI=1S/C17H21NO4.ClH/c19-14(13-22-15-6-2-1-3-7-15)12-18-10-11-21-17-9-5-4-8-16(17)20;/h1-9,14,18-20H,10-13H2;1H. The predicted octanol–water partition coefficient (Wildman–Crippen LogP) is 2.22. The van der Waals surface area contributed by atoms with Gasteiger partial charge >= 0.3 is 0 Å². The van der Waals surface area contributed by atoms with Gasteiger partial charge in [-0.2, -0.15) is 0 Å². The Bertz CT molecular complexity index is 553. The largest absolute Gasteiger partial charge is 0.504 e. The smallest absolute Gasteiger partial charge is 0.160 e. The van der Waals surface area contributed by atoms with Crippen molar-refractivity contribution in [3.8, 4) is 17.2 Å². The van der Waals surface area contributed by atoms with Crippen LogP contribution >= 0.6 is 12.4 Å². The highest BCUT2D eigenvalue weighted by molar-refractivity contribution is 5.85. The van der Waals surface area contributed by atoms with Crippen LogP contribution < -0.4 is 14.8 Å². The van der Waals surface area contributed by atoms with Crippen molar-refractivity contribution in [2.45, 2.75) is 6.10 Å². The Balaban J connectivity index is 0.00000264. The molecule has 6 heteroatoms. The van der Waals surface area contributed by atoms with Gasteiger partial charge in [-0.1, -0.05) is 30.3 Å². The van der Waals surface area contributed by atoms with E-state index in [1.54, 1.807) is 24.3 Å². The van der Waals surface area contributed by atoms with E-state index in [0.717, 1.165) is 5.75 Å². The van der Waals surface area contributed by atoms with Gasteiger partial charge in [0.2, 0.25) is 0 Å². The van der Waals surface area contributed by atoms with Gasteiger partial charge in [-0.15, -0.1) is 12.4 Å². The van der Waals surface area contributed by atoms with Crippen LogP contribution in [0.2, 0.25) is 0 Å². The molecule has 0 radical (unpaired) electrons. The van der Waals surface area contributed by atoms with E-state index in [1.165, 1.54) is 0 Å². The zero-order valence-corrected chi connectivity index (χ0v) is 13.5. The van der Waals surface area contributed by atoms with E-state index < -0.39 is 6.10 Å². The first kappa shape index (κ1) is 19.1. The van der Waals surface area contributed by atoms with Crippen LogP contribution in [0.15, 0.2) is 54.6 Å². The molecular weight excluding hydrogens is 318 g/mol. The molecule has 0 saturated carbocycles. The Morgan fingerprint density at radius 2 is 1.65 bits per heavy atom. The molecule has 1 unspecified atom stereocenters. The molecule has 126 valence electrons. The third kappa shape index (κ3) is 7.23. The number of phenols is 1. The number of rotatable bonds is 9. The molecule has 0 amide bonds. The molecule has 2 rings (SSSR count). The molecule has 0 aliphatic carbocycles. The van der Waals surface area contributed by atoms with Gasteiger partial charge < -0.3 is 25.0 Å². The average molecular weight is 340 g/mol. The third-order valence-electron chi connectivity index (χ3n) is 2.97. The topological polar surface area (TPSA) is 71.0 Å². The van der Waals surface area contributed by atoms with Crippen molar-refractivity contribution in [3.63, 3.8) is 0 Å². The molecule has 0 fully saturated rings. The maximum absolute atomic E-state index is 9.80. The summed E-state index contributed by atoms with van der Waals surface area (Å²) in [5, 5.41) is 22.4. The monoisotopic (exact) mass is 339 g/mol. The SMILES string of the molecule is Cl.Oc1ccccc1OCCNCC(O)COc1ccccc1. The normalized spacial score (nSPS) is 11.3. The maximum atomic E-state index is 9.80. The highest BCUT2D eigenvalue weighted by Crippen LogP contribution is 2.23. The molecule has 0 heterocycles. The first-order chi connectivity index (χ1) is 10.8. The van der Waals surface area contributed by atoms with Crippen LogP contribution in [0.1, 0.15) is 0 Å². The fraction of sp³-hybridized carbons (Fsp3) is 0.294. The summed E-state index contributed by atoms with van der Waals surface area (Å²) in [5.41, 5.74) is 0. The minimum Gasteiger partial charge on any atom is -0.504 e. The number of hydrogen-bond acceptors (Lipinski definition) is 5. The van der Waals surface area contributed by atoms with Crippen molar-refractivity contribution in [3.05, 3.63) is 54.6 Å². The van der Waals surface area contributed by atoms with Crippen LogP contribution in [0.5, 0.6) is 17.2 Å². The van der Waals surface area contributed by atoms with Crippen molar-refractivity contribution in [1.29, 1.82) is 0 Å². The Morgan fingerprint density at radius 3 is 2.39 bits per heavy atom. The first-order valence-corrected chi connectivity index (χ1v) is 7.23. The second kappa shape index (κ2) is 10.7. The molecule has 0 spiro atoms. The summed E-state index contributed by atoms with van der Waals surface area (Å²) in [6, 6.07) is 16.2. The van der Waals surface area contributed by atoms with Gasteiger partial charge in [0, 0.05) is 13.1 Å². The van der Waals surface area contributed by atoms with Crippen LogP contribution in [-0.2, 0) is 0 Å². The molecule has 0 aliphatic heterocycles. The number of aliphatic hydroxyl groups is 1. The van der Waals surface area contributed by atoms with Gasteiger partial charge in [-0.25, -0.2) is 0 Å². The Hall–Kier alpha value is -1.95. The number of benzene rings is 2. The van der Waals surface area contributed by atoms with Crippen LogP contribution in [0, 0.1) is 0 Å². The molecular formula is C17H22ClNO4. The third-order valence-corrected chi connectivity index (χ3v) is 2.97. The van der Waals surface area contributed by atoms with Crippen molar-refractivity contribution < 1.29 is 19.7 Å². The Kier molecular flexibility index (Phi) is 8.90. The molecule has 2 aromatic rings. The second-order valence-electron chi connectivity index (χ2n) is 4.80. The van der Waals surface area contributed by atoms with Crippen LogP contribution in [0.3, 0.4) is 0 Å². The number of aromatic hydroxyl groups is 1. The second-order valence-corrected chi connectivity index (χ2v) is 4.80. The lowest BCUT2D eigenvalue weighted by atomic mass is 10.3. The van der Waals surface area contributed by atoms with Crippen LogP contribution in [-0.4, -0.2) is 42.6 Å². The lowest BCUT2D eigenvalue weighted by molar-refractivity contribution is 0.105. The van der Waals surface area contributed by atoms with Crippen molar-refractivity contribution >= 4 is 12.4 Å². The molecule has 0 bridgehead atoms. The molecule has 23 heavy (non-hydrogen) atoms.